The van der Waals surface area contributed by atoms with E-state index < -0.39 is 0 Å². The lowest BCUT2D eigenvalue weighted by molar-refractivity contribution is 0.930. The van der Waals surface area contributed by atoms with Crippen molar-refractivity contribution in [2.24, 2.45) is 0 Å². The Kier molecular flexibility index (Phi) is 2.98. The Hall–Kier alpha value is -1.83. The molecule has 0 spiro atoms. The monoisotopic (exact) mass is 198 g/mol. The quantitative estimate of drug-likeness (QED) is 0.738. The number of aryl methyl sites for hydroxylation is 1. The highest BCUT2D eigenvalue weighted by Gasteiger charge is 1.97. The van der Waals surface area contributed by atoms with Gasteiger partial charge in [0.25, 0.3) is 0 Å². The Labute approximate surface area is 89.9 Å². The first kappa shape index (κ1) is 9.71. The van der Waals surface area contributed by atoms with Crippen molar-refractivity contribution in [3.8, 4) is 0 Å². The first-order chi connectivity index (χ1) is 7.36. The van der Waals surface area contributed by atoms with Crippen LogP contribution in [-0.2, 0) is 6.42 Å². The number of imidazole rings is 1. The number of benzene rings is 1. The van der Waals surface area contributed by atoms with Gasteiger partial charge in [-0.1, -0.05) is 36.9 Å². The summed E-state index contributed by atoms with van der Waals surface area (Å²) in [7, 11) is 0. The Bertz CT molecular complexity index is 415. The molecule has 2 heteroatoms. The maximum atomic E-state index is 4.04. The first-order valence-electron chi connectivity index (χ1n) is 5.06. The largest absolute Gasteiger partial charge is 0.311 e. The molecule has 0 unspecified atom stereocenters. The summed E-state index contributed by atoms with van der Waals surface area (Å²) >= 11 is 0. The van der Waals surface area contributed by atoms with Crippen LogP contribution in [-0.4, -0.2) is 9.55 Å². The summed E-state index contributed by atoms with van der Waals surface area (Å²) in [5.74, 6) is 0. The van der Waals surface area contributed by atoms with E-state index in [1.165, 1.54) is 5.56 Å². The smallest absolute Gasteiger partial charge is 0.0988 e. The lowest BCUT2D eigenvalue weighted by Gasteiger charge is -2.06. The molecule has 0 atom stereocenters. The predicted molar refractivity (Wildman–Crippen MR) is 62.3 cm³/mol. The summed E-state index contributed by atoms with van der Waals surface area (Å²) in [4.78, 5) is 4.00. The normalized spacial score (nSPS) is 10.1. The van der Waals surface area contributed by atoms with Crippen LogP contribution in [0.3, 0.4) is 0 Å². The second-order valence-electron chi connectivity index (χ2n) is 3.52. The Morgan fingerprint density at radius 2 is 2.07 bits per heavy atom. The van der Waals surface area contributed by atoms with Crippen LogP contribution in [0.4, 0.5) is 0 Å². The molecule has 0 aliphatic rings. The third-order valence-electron chi connectivity index (χ3n) is 2.41. The minimum Gasteiger partial charge on any atom is -0.311 e. The minimum absolute atomic E-state index is 0.959. The minimum atomic E-state index is 0.959. The van der Waals surface area contributed by atoms with E-state index in [0.717, 1.165) is 18.5 Å². The van der Waals surface area contributed by atoms with Crippen molar-refractivity contribution in [2.45, 2.75) is 12.8 Å². The predicted octanol–water partition coefficient (Wildman–Crippen LogP) is 2.99. The molecular weight excluding hydrogens is 184 g/mol. The molecule has 2 rings (SSSR count). The SMILES string of the molecule is C=C(CCc1ccccc1)n1ccnc1. The number of aromatic nitrogens is 2. The van der Waals surface area contributed by atoms with Crippen LogP contribution in [0.15, 0.2) is 55.6 Å². The van der Waals surface area contributed by atoms with E-state index in [2.05, 4.69) is 35.8 Å². The number of nitrogens with zero attached hydrogens (tertiary/aromatic N) is 2. The fourth-order valence-electron chi connectivity index (χ4n) is 1.51. The van der Waals surface area contributed by atoms with Crippen LogP contribution in [0.2, 0.25) is 0 Å². The van der Waals surface area contributed by atoms with Crippen LogP contribution < -0.4 is 0 Å². The van der Waals surface area contributed by atoms with Crippen molar-refractivity contribution < 1.29 is 0 Å². The lowest BCUT2D eigenvalue weighted by Crippen LogP contribution is -1.94. The van der Waals surface area contributed by atoms with Crippen LogP contribution in [0.25, 0.3) is 5.70 Å². The molecular formula is C13H14N2. The lowest BCUT2D eigenvalue weighted by atomic mass is 10.1. The summed E-state index contributed by atoms with van der Waals surface area (Å²) in [6.07, 6.45) is 7.46. The van der Waals surface area contributed by atoms with Gasteiger partial charge in [-0.3, -0.25) is 0 Å². The Morgan fingerprint density at radius 3 is 2.73 bits per heavy atom. The topological polar surface area (TPSA) is 17.8 Å². The van der Waals surface area contributed by atoms with E-state index in [1.54, 1.807) is 12.5 Å². The number of hydrogen-bond acceptors (Lipinski definition) is 1. The Morgan fingerprint density at radius 1 is 1.27 bits per heavy atom. The fourth-order valence-corrected chi connectivity index (χ4v) is 1.51. The molecule has 0 bridgehead atoms. The van der Waals surface area contributed by atoms with Crippen LogP contribution >= 0.6 is 0 Å². The van der Waals surface area contributed by atoms with E-state index in [9.17, 15) is 0 Å². The molecule has 0 fully saturated rings. The second-order valence-corrected chi connectivity index (χ2v) is 3.52. The zero-order valence-electron chi connectivity index (χ0n) is 8.63. The molecule has 0 aliphatic carbocycles. The van der Waals surface area contributed by atoms with Crippen molar-refractivity contribution in [2.75, 3.05) is 0 Å². The number of hydrogen-bond donors (Lipinski definition) is 0. The van der Waals surface area contributed by atoms with E-state index in [0.29, 0.717) is 0 Å². The Balaban J connectivity index is 1.92. The van der Waals surface area contributed by atoms with Crippen molar-refractivity contribution in [3.05, 3.63) is 61.2 Å². The van der Waals surface area contributed by atoms with Crippen molar-refractivity contribution in [3.63, 3.8) is 0 Å². The average Bonchev–Trinajstić information content (AvgIpc) is 2.81. The first-order valence-corrected chi connectivity index (χ1v) is 5.06. The van der Waals surface area contributed by atoms with Gasteiger partial charge in [0.1, 0.15) is 0 Å². The summed E-state index contributed by atoms with van der Waals surface area (Å²) in [5, 5.41) is 0. The van der Waals surface area contributed by atoms with Gasteiger partial charge in [-0.25, -0.2) is 4.98 Å². The highest BCUT2D eigenvalue weighted by molar-refractivity contribution is 5.41. The highest BCUT2D eigenvalue weighted by Crippen LogP contribution is 2.11. The van der Waals surface area contributed by atoms with E-state index >= 15 is 0 Å². The summed E-state index contributed by atoms with van der Waals surface area (Å²) in [6, 6.07) is 10.4. The van der Waals surface area contributed by atoms with E-state index in [1.807, 2.05) is 16.8 Å². The van der Waals surface area contributed by atoms with Crippen molar-refractivity contribution in [1.82, 2.24) is 9.55 Å². The zero-order chi connectivity index (χ0) is 10.5. The summed E-state index contributed by atoms with van der Waals surface area (Å²) in [6.45, 7) is 4.04. The van der Waals surface area contributed by atoms with Crippen molar-refractivity contribution in [1.29, 1.82) is 0 Å². The molecule has 0 N–H and O–H groups in total. The average molecular weight is 198 g/mol. The third-order valence-corrected chi connectivity index (χ3v) is 2.41. The van der Waals surface area contributed by atoms with Gasteiger partial charge >= 0.3 is 0 Å². The molecule has 1 aromatic carbocycles. The molecule has 0 amide bonds. The van der Waals surface area contributed by atoms with E-state index in [-0.39, 0.29) is 0 Å². The van der Waals surface area contributed by atoms with Gasteiger partial charge < -0.3 is 4.57 Å². The van der Waals surface area contributed by atoms with Gasteiger partial charge in [-0.05, 0) is 18.4 Å². The molecule has 0 saturated carbocycles. The van der Waals surface area contributed by atoms with Gasteiger partial charge in [0.05, 0.1) is 6.33 Å². The molecule has 76 valence electrons. The fraction of sp³-hybridized carbons (Fsp3) is 0.154. The second kappa shape index (κ2) is 4.60. The van der Waals surface area contributed by atoms with Crippen LogP contribution in [0.1, 0.15) is 12.0 Å². The van der Waals surface area contributed by atoms with Gasteiger partial charge in [-0.15, -0.1) is 0 Å². The molecule has 2 aromatic rings. The summed E-state index contributed by atoms with van der Waals surface area (Å²) in [5.41, 5.74) is 2.43. The molecule has 1 heterocycles. The molecule has 0 radical (unpaired) electrons. The molecule has 0 aliphatic heterocycles. The van der Waals surface area contributed by atoms with Gasteiger partial charge in [-0.2, -0.15) is 0 Å². The third kappa shape index (κ3) is 2.56. The van der Waals surface area contributed by atoms with Crippen molar-refractivity contribution >= 4 is 5.70 Å². The maximum absolute atomic E-state index is 4.04. The zero-order valence-corrected chi connectivity index (χ0v) is 8.63. The summed E-state index contributed by atoms with van der Waals surface area (Å²) < 4.78 is 1.96. The maximum Gasteiger partial charge on any atom is 0.0988 e. The molecule has 2 nitrogen and oxygen atoms in total. The van der Waals surface area contributed by atoms with Crippen LogP contribution in [0.5, 0.6) is 0 Å². The molecule has 1 aromatic heterocycles. The molecule has 0 saturated heterocycles. The van der Waals surface area contributed by atoms with Gasteiger partial charge in [0.15, 0.2) is 0 Å². The van der Waals surface area contributed by atoms with E-state index in [4.69, 9.17) is 0 Å². The van der Waals surface area contributed by atoms with Gasteiger partial charge in [0.2, 0.25) is 0 Å². The van der Waals surface area contributed by atoms with Crippen LogP contribution in [0, 0.1) is 0 Å². The number of allylic oxidation sites excluding steroid dienone is 1. The standard InChI is InChI=1S/C13H14N2/c1-12(15-10-9-14-11-15)7-8-13-5-3-2-4-6-13/h2-6,9-11H,1,7-8H2. The number of rotatable bonds is 4. The highest BCUT2D eigenvalue weighted by atomic mass is 15.0. The molecule has 15 heavy (non-hydrogen) atoms. The van der Waals surface area contributed by atoms with Gasteiger partial charge in [0, 0.05) is 18.1 Å².